The second-order valence-electron chi connectivity index (χ2n) is 4.84. The van der Waals surface area contributed by atoms with Gasteiger partial charge in [-0.1, -0.05) is 20.8 Å². The standard InChI is InChI=1S/C10H19NO2/c1-10(2,3)6-8-4-5-11-9(12)7-13-8/h8H,4-7H2,1-3H3,(H,11,12). The van der Waals surface area contributed by atoms with Crippen LogP contribution in [0.1, 0.15) is 33.6 Å². The Hall–Kier alpha value is -0.570. The number of carbonyl (C=O) groups excluding carboxylic acids is 1. The lowest BCUT2D eigenvalue weighted by Crippen LogP contribution is -2.24. The van der Waals surface area contributed by atoms with E-state index in [0.717, 1.165) is 19.4 Å². The zero-order valence-corrected chi connectivity index (χ0v) is 8.72. The van der Waals surface area contributed by atoms with E-state index in [9.17, 15) is 4.79 Å². The van der Waals surface area contributed by atoms with E-state index < -0.39 is 0 Å². The van der Waals surface area contributed by atoms with Crippen molar-refractivity contribution >= 4 is 5.91 Å². The van der Waals surface area contributed by atoms with Crippen molar-refractivity contribution in [2.75, 3.05) is 13.2 Å². The van der Waals surface area contributed by atoms with Gasteiger partial charge in [0.05, 0.1) is 6.10 Å². The van der Waals surface area contributed by atoms with Crippen molar-refractivity contribution in [3.63, 3.8) is 0 Å². The van der Waals surface area contributed by atoms with Crippen LogP contribution in [0.25, 0.3) is 0 Å². The van der Waals surface area contributed by atoms with Crippen molar-refractivity contribution in [2.24, 2.45) is 5.41 Å². The zero-order valence-electron chi connectivity index (χ0n) is 8.72. The van der Waals surface area contributed by atoms with E-state index >= 15 is 0 Å². The van der Waals surface area contributed by atoms with E-state index in [4.69, 9.17) is 4.74 Å². The third-order valence-electron chi connectivity index (χ3n) is 2.08. The smallest absolute Gasteiger partial charge is 0.246 e. The van der Waals surface area contributed by atoms with Crippen LogP contribution < -0.4 is 5.32 Å². The van der Waals surface area contributed by atoms with Crippen LogP contribution in [0.5, 0.6) is 0 Å². The van der Waals surface area contributed by atoms with Gasteiger partial charge in [-0.25, -0.2) is 0 Å². The lowest BCUT2D eigenvalue weighted by atomic mass is 9.88. The number of nitrogens with one attached hydrogen (secondary N) is 1. The van der Waals surface area contributed by atoms with E-state index in [1.165, 1.54) is 0 Å². The highest BCUT2D eigenvalue weighted by Gasteiger charge is 2.22. The van der Waals surface area contributed by atoms with Gasteiger partial charge in [0.15, 0.2) is 0 Å². The van der Waals surface area contributed by atoms with Crippen molar-refractivity contribution in [1.82, 2.24) is 5.32 Å². The zero-order chi connectivity index (χ0) is 9.90. The topological polar surface area (TPSA) is 38.3 Å². The van der Waals surface area contributed by atoms with Crippen LogP contribution in [0.15, 0.2) is 0 Å². The number of hydrogen-bond donors (Lipinski definition) is 1. The van der Waals surface area contributed by atoms with Gasteiger partial charge in [-0.3, -0.25) is 4.79 Å². The lowest BCUT2D eigenvalue weighted by molar-refractivity contribution is -0.126. The Balaban J connectivity index is 2.38. The van der Waals surface area contributed by atoms with Crippen LogP contribution in [0, 0.1) is 5.41 Å². The highest BCUT2D eigenvalue weighted by atomic mass is 16.5. The maximum Gasteiger partial charge on any atom is 0.246 e. The summed E-state index contributed by atoms with van der Waals surface area (Å²) in [6, 6.07) is 0. The number of amides is 1. The molecule has 0 bridgehead atoms. The Labute approximate surface area is 79.8 Å². The molecular weight excluding hydrogens is 166 g/mol. The first kappa shape index (κ1) is 10.5. The van der Waals surface area contributed by atoms with Gasteiger partial charge in [0, 0.05) is 6.54 Å². The second kappa shape index (κ2) is 4.09. The molecule has 1 heterocycles. The van der Waals surface area contributed by atoms with Crippen LogP contribution in [0.3, 0.4) is 0 Å². The molecular formula is C10H19NO2. The average Bonchev–Trinajstić information content (AvgIpc) is 2.12. The van der Waals surface area contributed by atoms with Crippen molar-refractivity contribution in [2.45, 2.75) is 39.7 Å². The molecule has 1 fully saturated rings. The first-order valence-corrected chi connectivity index (χ1v) is 4.86. The highest BCUT2D eigenvalue weighted by molar-refractivity contribution is 5.77. The predicted molar refractivity (Wildman–Crippen MR) is 51.4 cm³/mol. The van der Waals surface area contributed by atoms with E-state index in [1.807, 2.05) is 0 Å². The summed E-state index contributed by atoms with van der Waals surface area (Å²) in [6.07, 6.45) is 2.18. The van der Waals surface area contributed by atoms with Gasteiger partial charge in [-0.05, 0) is 18.3 Å². The Morgan fingerprint density at radius 2 is 2.23 bits per heavy atom. The molecule has 0 radical (unpaired) electrons. The molecule has 13 heavy (non-hydrogen) atoms. The Morgan fingerprint density at radius 3 is 2.85 bits per heavy atom. The number of carbonyl (C=O) groups is 1. The molecule has 76 valence electrons. The summed E-state index contributed by atoms with van der Waals surface area (Å²) in [5, 5.41) is 2.80. The molecule has 0 aromatic rings. The maximum absolute atomic E-state index is 11.0. The minimum Gasteiger partial charge on any atom is -0.368 e. The monoisotopic (exact) mass is 185 g/mol. The summed E-state index contributed by atoms with van der Waals surface area (Å²) in [7, 11) is 0. The Morgan fingerprint density at radius 1 is 1.54 bits per heavy atom. The summed E-state index contributed by atoms with van der Waals surface area (Å²) >= 11 is 0. The third-order valence-corrected chi connectivity index (χ3v) is 2.08. The summed E-state index contributed by atoms with van der Waals surface area (Å²) < 4.78 is 5.48. The van der Waals surface area contributed by atoms with E-state index in [1.54, 1.807) is 0 Å². The van der Waals surface area contributed by atoms with Gasteiger partial charge < -0.3 is 10.1 Å². The normalized spacial score (nSPS) is 25.2. The molecule has 0 aromatic heterocycles. The maximum atomic E-state index is 11.0. The summed E-state index contributed by atoms with van der Waals surface area (Å²) in [5.41, 5.74) is 0.276. The summed E-state index contributed by atoms with van der Waals surface area (Å²) in [6.45, 7) is 7.55. The minimum absolute atomic E-state index is 0.0106. The number of ether oxygens (including phenoxy) is 1. The molecule has 3 nitrogen and oxygen atoms in total. The molecule has 1 amide bonds. The molecule has 1 rings (SSSR count). The van der Waals surface area contributed by atoms with Crippen LogP contribution in [0.4, 0.5) is 0 Å². The molecule has 1 aliphatic heterocycles. The van der Waals surface area contributed by atoms with Gasteiger partial charge in [-0.2, -0.15) is 0 Å². The largest absolute Gasteiger partial charge is 0.368 e. The van der Waals surface area contributed by atoms with E-state index in [0.29, 0.717) is 0 Å². The third kappa shape index (κ3) is 4.27. The molecule has 0 aliphatic carbocycles. The van der Waals surface area contributed by atoms with Gasteiger partial charge in [0.25, 0.3) is 0 Å². The van der Waals surface area contributed by atoms with Crippen LogP contribution in [0.2, 0.25) is 0 Å². The first-order valence-electron chi connectivity index (χ1n) is 4.86. The fourth-order valence-corrected chi connectivity index (χ4v) is 1.54. The van der Waals surface area contributed by atoms with Crippen molar-refractivity contribution in [1.29, 1.82) is 0 Å². The first-order chi connectivity index (χ1) is 5.97. The molecule has 1 saturated heterocycles. The molecule has 0 aromatic carbocycles. The van der Waals surface area contributed by atoms with E-state index in [2.05, 4.69) is 26.1 Å². The van der Waals surface area contributed by atoms with Crippen LogP contribution >= 0.6 is 0 Å². The predicted octanol–water partition coefficient (Wildman–Crippen LogP) is 1.33. The number of hydrogen-bond acceptors (Lipinski definition) is 2. The fraction of sp³-hybridized carbons (Fsp3) is 0.900. The van der Waals surface area contributed by atoms with Gasteiger partial charge >= 0.3 is 0 Å². The molecule has 0 spiro atoms. The quantitative estimate of drug-likeness (QED) is 0.669. The van der Waals surface area contributed by atoms with Crippen molar-refractivity contribution in [3.05, 3.63) is 0 Å². The van der Waals surface area contributed by atoms with E-state index in [-0.39, 0.29) is 24.0 Å². The van der Waals surface area contributed by atoms with Gasteiger partial charge in [0.2, 0.25) is 5.91 Å². The van der Waals surface area contributed by atoms with Crippen molar-refractivity contribution in [3.8, 4) is 0 Å². The molecule has 0 saturated carbocycles. The molecule has 1 N–H and O–H groups in total. The number of rotatable bonds is 1. The molecule has 1 atom stereocenters. The Bertz CT molecular complexity index is 184. The van der Waals surface area contributed by atoms with Crippen molar-refractivity contribution < 1.29 is 9.53 Å². The Kier molecular flexibility index (Phi) is 3.31. The molecule has 1 unspecified atom stereocenters. The summed E-state index contributed by atoms with van der Waals surface area (Å²) in [4.78, 5) is 11.0. The second-order valence-corrected chi connectivity index (χ2v) is 4.84. The van der Waals surface area contributed by atoms with Crippen LogP contribution in [-0.2, 0) is 9.53 Å². The fourth-order valence-electron chi connectivity index (χ4n) is 1.54. The van der Waals surface area contributed by atoms with Gasteiger partial charge in [-0.15, -0.1) is 0 Å². The average molecular weight is 185 g/mol. The molecule has 1 aliphatic rings. The summed E-state index contributed by atoms with van der Waals surface area (Å²) in [5.74, 6) is 0.0106. The SMILES string of the molecule is CC(C)(C)CC1CCNC(=O)CO1. The molecule has 3 heteroatoms. The van der Waals surface area contributed by atoms with Gasteiger partial charge in [0.1, 0.15) is 6.61 Å². The highest BCUT2D eigenvalue weighted by Crippen LogP contribution is 2.24. The lowest BCUT2D eigenvalue weighted by Gasteiger charge is -2.24. The van der Waals surface area contributed by atoms with Crippen LogP contribution in [-0.4, -0.2) is 25.2 Å². The minimum atomic E-state index is 0.0106.